The Hall–Kier alpha value is -2.88. The van der Waals surface area contributed by atoms with Gasteiger partial charge in [0.25, 0.3) is 0 Å². The number of ether oxygens (including phenoxy) is 2. The number of anilines is 1. The van der Waals surface area contributed by atoms with Crippen molar-refractivity contribution < 1.29 is 13.9 Å². The first-order valence-electron chi connectivity index (χ1n) is 9.64. The van der Waals surface area contributed by atoms with Gasteiger partial charge in [0, 0.05) is 34.9 Å². The number of hydrogen-bond acceptors (Lipinski definition) is 6. The van der Waals surface area contributed by atoms with E-state index in [0.29, 0.717) is 23.4 Å². The van der Waals surface area contributed by atoms with Gasteiger partial charge in [-0.1, -0.05) is 19.1 Å². The third-order valence-corrected chi connectivity index (χ3v) is 5.58. The molecule has 0 aliphatic rings. The number of nitrogen functional groups attached to an aromatic ring is 1. The number of pyridine rings is 1. The predicted octanol–water partition coefficient (Wildman–Crippen LogP) is 4.78. The van der Waals surface area contributed by atoms with Crippen molar-refractivity contribution in [2.75, 3.05) is 19.6 Å². The van der Waals surface area contributed by atoms with Crippen LogP contribution < -0.4 is 5.73 Å². The van der Waals surface area contributed by atoms with Crippen molar-refractivity contribution in [1.29, 1.82) is 0 Å². The van der Waals surface area contributed by atoms with Crippen LogP contribution in [0.5, 0.6) is 0 Å². The normalized spacial score (nSPS) is 13.4. The van der Waals surface area contributed by atoms with E-state index in [1.807, 2.05) is 25.3 Å². The summed E-state index contributed by atoms with van der Waals surface area (Å²) in [7, 11) is 1.53. The molecule has 3 heterocycles. The van der Waals surface area contributed by atoms with E-state index in [1.54, 1.807) is 18.3 Å². The molecule has 160 valence electrons. The van der Waals surface area contributed by atoms with Crippen molar-refractivity contribution in [1.82, 2.24) is 19.9 Å². The Kier molecular flexibility index (Phi) is 5.99. The maximum absolute atomic E-state index is 14.1. The van der Waals surface area contributed by atoms with Crippen LogP contribution in [0.4, 0.5) is 10.3 Å². The number of nitrogens with zero attached hydrogens (tertiary/aromatic N) is 3. The summed E-state index contributed by atoms with van der Waals surface area (Å²) in [5, 5.41) is 0.879. The number of benzene rings is 1. The van der Waals surface area contributed by atoms with Gasteiger partial charge in [0.05, 0.1) is 11.4 Å². The van der Waals surface area contributed by atoms with Crippen LogP contribution in [0.1, 0.15) is 24.6 Å². The molecule has 0 amide bonds. The summed E-state index contributed by atoms with van der Waals surface area (Å²) in [4.78, 5) is 16.4. The summed E-state index contributed by atoms with van der Waals surface area (Å²) < 4.78 is 26.2. The second-order valence-electron chi connectivity index (χ2n) is 6.99. The van der Waals surface area contributed by atoms with Crippen LogP contribution in [0.3, 0.4) is 0 Å². The van der Waals surface area contributed by atoms with E-state index in [1.165, 1.54) is 19.2 Å². The molecule has 0 spiro atoms. The number of H-pyrrole nitrogens is 1. The highest BCUT2D eigenvalue weighted by atomic mass is 79.9. The fourth-order valence-electron chi connectivity index (χ4n) is 3.69. The topological polar surface area (TPSA) is 98.9 Å². The molecular formula is C22H21BrFN5O2. The van der Waals surface area contributed by atoms with Gasteiger partial charge in [-0.05, 0) is 52.2 Å². The van der Waals surface area contributed by atoms with Crippen molar-refractivity contribution in [3.63, 3.8) is 0 Å². The summed E-state index contributed by atoms with van der Waals surface area (Å²) >= 11 is 3.46. The molecule has 0 fully saturated rings. The lowest BCUT2D eigenvalue weighted by Crippen LogP contribution is -2.33. The zero-order chi connectivity index (χ0) is 22.0. The van der Waals surface area contributed by atoms with Crippen LogP contribution in [0, 0.1) is 5.82 Å². The van der Waals surface area contributed by atoms with Crippen molar-refractivity contribution in [3.05, 3.63) is 70.3 Å². The van der Waals surface area contributed by atoms with Crippen molar-refractivity contribution in [2.24, 2.45) is 0 Å². The lowest BCUT2D eigenvalue weighted by molar-refractivity contribution is -0.119. The predicted molar refractivity (Wildman–Crippen MR) is 120 cm³/mol. The number of hydrogen-bond donors (Lipinski definition) is 2. The molecule has 4 aromatic rings. The molecule has 0 radical (unpaired) electrons. The van der Waals surface area contributed by atoms with E-state index in [4.69, 9.17) is 15.2 Å². The van der Waals surface area contributed by atoms with E-state index in [0.717, 1.165) is 21.1 Å². The highest BCUT2D eigenvalue weighted by Gasteiger charge is 2.37. The first kappa shape index (κ1) is 21.4. The van der Waals surface area contributed by atoms with E-state index < -0.39 is 5.60 Å². The highest BCUT2D eigenvalue weighted by Crippen LogP contribution is 2.39. The van der Waals surface area contributed by atoms with Crippen LogP contribution in [0.15, 0.2) is 53.3 Å². The molecule has 7 nitrogen and oxygen atoms in total. The summed E-state index contributed by atoms with van der Waals surface area (Å²) in [6.45, 7) is 1.93. The zero-order valence-corrected chi connectivity index (χ0v) is 18.6. The molecule has 1 atom stereocenters. The number of rotatable bonds is 7. The molecule has 0 saturated heterocycles. The zero-order valence-electron chi connectivity index (χ0n) is 17.0. The summed E-state index contributed by atoms with van der Waals surface area (Å²) in [5.74, 6) is -0.286. The molecule has 0 aliphatic heterocycles. The Bertz CT molecular complexity index is 1230. The van der Waals surface area contributed by atoms with Gasteiger partial charge in [-0.15, -0.1) is 0 Å². The Balaban J connectivity index is 1.92. The third kappa shape index (κ3) is 4.04. The molecule has 3 N–H and O–H groups in total. The fourth-order valence-corrected chi connectivity index (χ4v) is 4.02. The Morgan fingerprint density at radius 1 is 1.23 bits per heavy atom. The number of aromatic nitrogens is 4. The molecule has 9 heteroatoms. The molecule has 0 saturated carbocycles. The Morgan fingerprint density at radius 2 is 2.06 bits per heavy atom. The minimum absolute atomic E-state index is 0.00640. The SMILES string of the molecule is CC[C@](OCOC)(c1cccc(F)c1)c1cc(-c2c[nH]c3ncc(Br)cc23)nc(N)n1. The monoisotopic (exact) mass is 485 g/mol. The van der Waals surface area contributed by atoms with Gasteiger partial charge in [-0.25, -0.2) is 19.3 Å². The van der Waals surface area contributed by atoms with Crippen LogP contribution in [0.25, 0.3) is 22.3 Å². The van der Waals surface area contributed by atoms with Crippen LogP contribution >= 0.6 is 15.9 Å². The van der Waals surface area contributed by atoms with Gasteiger partial charge >= 0.3 is 0 Å². The number of halogens is 2. The van der Waals surface area contributed by atoms with Crippen LogP contribution in [-0.2, 0) is 15.1 Å². The first-order chi connectivity index (χ1) is 15.0. The molecule has 3 aromatic heterocycles. The highest BCUT2D eigenvalue weighted by molar-refractivity contribution is 9.10. The van der Waals surface area contributed by atoms with Crippen molar-refractivity contribution in [3.8, 4) is 11.3 Å². The fraction of sp³-hybridized carbons (Fsp3) is 0.227. The smallest absolute Gasteiger partial charge is 0.220 e. The van der Waals surface area contributed by atoms with Gasteiger partial charge < -0.3 is 20.2 Å². The molecule has 4 rings (SSSR count). The molecule has 1 aromatic carbocycles. The van der Waals surface area contributed by atoms with Gasteiger partial charge in [0.1, 0.15) is 23.9 Å². The van der Waals surface area contributed by atoms with E-state index in [2.05, 4.69) is 35.9 Å². The first-order valence-corrected chi connectivity index (χ1v) is 10.4. The maximum Gasteiger partial charge on any atom is 0.220 e. The number of aromatic amines is 1. The molecule has 0 unspecified atom stereocenters. The largest absolute Gasteiger partial charge is 0.368 e. The van der Waals surface area contributed by atoms with Gasteiger partial charge in [0.15, 0.2) is 0 Å². The average Bonchev–Trinajstić information content (AvgIpc) is 3.17. The second-order valence-corrected chi connectivity index (χ2v) is 7.91. The number of methoxy groups -OCH3 is 1. The number of fused-ring (bicyclic) bond motifs is 1. The van der Waals surface area contributed by atoms with Crippen molar-refractivity contribution in [2.45, 2.75) is 18.9 Å². The Morgan fingerprint density at radius 3 is 2.81 bits per heavy atom. The van der Waals surface area contributed by atoms with Gasteiger partial charge in [-0.3, -0.25) is 0 Å². The minimum Gasteiger partial charge on any atom is -0.368 e. The van der Waals surface area contributed by atoms with Crippen LogP contribution in [-0.4, -0.2) is 33.8 Å². The summed E-state index contributed by atoms with van der Waals surface area (Å²) in [6.07, 6.45) is 4.01. The van der Waals surface area contributed by atoms with Crippen LogP contribution in [0.2, 0.25) is 0 Å². The molecule has 31 heavy (non-hydrogen) atoms. The standard InChI is InChI=1S/C22H21BrFN5O2/c1-3-22(31-12-30-2,13-5-4-6-15(24)7-13)19-9-18(28-21(25)29-19)17-11-27-20-16(17)8-14(23)10-26-20/h4-11H,3,12H2,1-2H3,(H,26,27)(H2,25,28,29)/t22-/m0/s1. The molecule has 0 aliphatic carbocycles. The third-order valence-electron chi connectivity index (χ3n) is 5.14. The molecular weight excluding hydrogens is 465 g/mol. The summed E-state index contributed by atoms with van der Waals surface area (Å²) in [6, 6.07) is 10.0. The maximum atomic E-state index is 14.1. The summed E-state index contributed by atoms with van der Waals surface area (Å²) in [5.41, 5.74) is 8.29. The second kappa shape index (κ2) is 8.70. The number of nitrogens with two attached hydrogens (primary N) is 1. The van der Waals surface area contributed by atoms with Gasteiger partial charge in [-0.2, -0.15) is 0 Å². The Labute approximate surface area is 187 Å². The lowest BCUT2D eigenvalue weighted by Gasteiger charge is -2.33. The average molecular weight is 486 g/mol. The van der Waals surface area contributed by atoms with E-state index in [-0.39, 0.29) is 18.6 Å². The van der Waals surface area contributed by atoms with E-state index >= 15 is 0 Å². The minimum atomic E-state index is -1.07. The lowest BCUT2D eigenvalue weighted by atomic mass is 9.86. The van der Waals surface area contributed by atoms with E-state index in [9.17, 15) is 4.39 Å². The van der Waals surface area contributed by atoms with Crippen molar-refractivity contribution >= 4 is 32.9 Å². The van der Waals surface area contributed by atoms with Gasteiger partial charge in [0.2, 0.25) is 5.95 Å². The number of nitrogens with one attached hydrogen (secondary N) is 1. The quantitative estimate of drug-likeness (QED) is 0.365. The molecule has 0 bridgehead atoms.